The molecule has 0 N–H and O–H groups in total. The Labute approximate surface area is 136 Å². The van der Waals surface area contributed by atoms with E-state index in [0.29, 0.717) is 26.2 Å². The minimum Gasteiger partial charge on any atom is -0.339 e. The molecule has 126 valence electrons. The summed E-state index contributed by atoms with van der Waals surface area (Å²) in [5.74, 6) is -0.855. The molecule has 2 amide bonds. The van der Waals surface area contributed by atoms with Gasteiger partial charge in [0.15, 0.2) is 0 Å². The van der Waals surface area contributed by atoms with E-state index in [1.165, 1.54) is 28.0 Å². The van der Waals surface area contributed by atoms with Crippen LogP contribution in [0.5, 0.6) is 0 Å². The quantitative estimate of drug-likeness (QED) is 0.570. The van der Waals surface area contributed by atoms with E-state index in [1.807, 2.05) is 13.8 Å². The lowest BCUT2D eigenvalue weighted by molar-refractivity contribution is -0.385. The first-order valence-electron chi connectivity index (χ1n) is 7.78. The Morgan fingerprint density at radius 3 is 1.87 bits per heavy atom. The second-order valence-electron chi connectivity index (χ2n) is 4.91. The number of hydrogen-bond donors (Lipinski definition) is 0. The van der Waals surface area contributed by atoms with Crippen LogP contribution in [0.1, 0.15) is 48.4 Å². The molecule has 7 nitrogen and oxygen atoms in total. The summed E-state index contributed by atoms with van der Waals surface area (Å²) in [6.45, 7) is 9.01. The second-order valence-corrected chi connectivity index (χ2v) is 4.91. The van der Waals surface area contributed by atoms with Crippen molar-refractivity contribution in [3.05, 3.63) is 39.4 Å². The third kappa shape index (κ3) is 3.85. The lowest BCUT2D eigenvalue weighted by atomic mass is 10.0. The maximum Gasteiger partial charge on any atom is 0.282 e. The first kappa shape index (κ1) is 18.6. The first-order chi connectivity index (χ1) is 10.9. The molecule has 0 aliphatic heterocycles. The topological polar surface area (TPSA) is 83.8 Å². The molecule has 0 bridgehead atoms. The highest BCUT2D eigenvalue weighted by atomic mass is 16.6. The smallest absolute Gasteiger partial charge is 0.282 e. The monoisotopic (exact) mass is 321 g/mol. The lowest BCUT2D eigenvalue weighted by Crippen LogP contribution is -2.35. The van der Waals surface area contributed by atoms with E-state index in [2.05, 4.69) is 0 Å². The molecule has 0 unspecified atom stereocenters. The van der Waals surface area contributed by atoms with Crippen molar-refractivity contribution >= 4 is 17.5 Å². The normalized spacial score (nSPS) is 10.3. The Morgan fingerprint density at radius 2 is 1.43 bits per heavy atom. The molecule has 0 spiro atoms. The van der Waals surface area contributed by atoms with E-state index in [0.717, 1.165) is 0 Å². The third-order valence-electron chi connectivity index (χ3n) is 3.78. The zero-order valence-electron chi connectivity index (χ0n) is 14.0. The number of rotatable bonds is 7. The predicted molar refractivity (Wildman–Crippen MR) is 87.6 cm³/mol. The first-order valence-corrected chi connectivity index (χ1v) is 7.78. The molecule has 1 rings (SSSR count). The van der Waals surface area contributed by atoms with Gasteiger partial charge in [-0.2, -0.15) is 0 Å². The van der Waals surface area contributed by atoms with Gasteiger partial charge in [0.05, 0.1) is 10.5 Å². The maximum absolute atomic E-state index is 12.7. The highest BCUT2D eigenvalue weighted by Crippen LogP contribution is 2.25. The molecule has 1 aromatic rings. The Balaban J connectivity index is 3.53. The molecule has 0 saturated carbocycles. The predicted octanol–water partition coefficient (Wildman–Crippen LogP) is 2.56. The Hall–Kier alpha value is -2.44. The molecule has 23 heavy (non-hydrogen) atoms. The van der Waals surface area contributed by atoms with E-state index in [4.69, 9.17) is 0 Å². The van der Waals surface area contributed by atoms with Crippen LogP contribution < -0.4 is 0 Å². The van der Waals surface area contributed by atoms with E-state index in [1.54, 1.807) is 13.8 Å². The van der Waals surface area contributed by atoms with Gasteiger partial charge in [0.1, 0.15) is 5.56 Å². The molecular weight excluding hydrogens is 298 g/mol. The molecular formula is C16H23N3O4. The van der Waals surface area contributed by atoms with Gasteiger partial charge in [-0.1, -0.05) is 6.07 Å². The SMILES string of the molecule is CCN(CC)C(=O)c1cccc([N+](=O)[O-])c1C(=O)N(CC)CC. The van der Waals surface area contributed by atoms with Gasteiger partial charge in [0, 0.05) is 32.2 Å². The highest BCUT2D eigenvalue weighted by Gasteiger charge is 2.30. The fraction of sp³-hybridized carbons (Fsp3) is 0.500. The fourth-order valence-electron chi connectivity index (χ4n) is 2.45. The molecule has 0 radical (unpaired) electrons. The van der Waals surface area contributed by atoms with Crippen LogP contribution in [0.4, 0.5) is 5.69 Å². The average molecular weight is 321 g/mol. The molecule has 0 saturated heterocycles. The van der Waals surface area contributed by atoms with Crippen LogP contribution in [0.2, 0.25) is 0 Å². The Bertz CT molecular complexity index is 593. The summed E-state index contributed by atoms with van der Waals surface area (Å²) in [6.07, 6.45) is 0. The minimum absolute atomic E-state index is 0.0831. The fourth-order valence-corrected chi connectivity index (χ4v) is 2.45. The van der Waals surface area contributed by atoms with E-state index < -0.39 is 10.8 Å². The van der Waals surface area contributed by atoms with Crippen molar-refractivity contribution < 1.29 is 14.5 Å². The summed E-state index contributed by atoms with van der Waals surface area (Å²) < 4.78 is 0. The van der Waals surface area contributed by atoms with Gasteiger partial charge in [0.25, 0.3) is 17.5 Å². The molecule has 1 aromatic carbocycles. The van der Waals surface area contributed by atoms with E-state index in [9.17, 15) is 19.7 Å². The van der Waals surface area contributed by atoms with Crippen LogP contribution in [0.25, 0.3) is 0 Å². The maximum atomic E-state index is 12.7. The van der Waals surface area contributed by atoms with Gasteiger partial charge in [-0.25, -0.2) is 0 Å². The Kier molecular flexibility index (Phi) is 6.68. The summed E-state index contributed by atoms with van der Waals surface area (Å²) in [5, 5.41) is 11.3. The van der Waals surface area contributed by atoms with Gasteiger partial charge >= 0.3 is 0 Å². The number of nitrogens with zero attached hydrogens (tertiary/aromatic N) is 3. The summed E-state index contributed by atoms with van der Waals surface area (Å²) in [4.78, 5) is 39.1. The zero-order valence-corrected chi connectivity index (χ0v) is 14.0. The number of nitro benzene ring substituents is 1. The average Bonchev–Trinajstić information content (AvgIpc) is 2.55. The Morgan fingerprint density at radius 1 is 0.957 bits per heavy atom. The second kappa shape index (κ2) is 8.26. The summed E-state index contributed by atoms with van der Waals surface area (Å²) in [6, 6.07) is 4.17. The third-order valence-corrected chi connectivity index (χ3v) is 3.78. The summed E-state index contributed by atoms with van der Waals surface area (Å²) in [5.41, 5.74) is -0.377. The van der Waals surface area contributed by atoms with Crippen molar-refractivity contribution in [2.45, 2.75) is 27.7 Å². The number of carbonyl (C=O) groups is 2. The van der Waals surface area contributed by atoms with Crippen LogP contribution in [0.15, 0.2) is 18.2 Å². The summed E-state index contributed by atoms with van der Waals surface area (Å²) in [7, 11) is 0. The van der Waals surface area contributed by atoms with Gasteiger partial charge in [-0.15, -0.1) is 0 Å². The number of nitro groups is 1. The van der Waals surface area contributed by atoms with Crippen molar-refractivity contribution in [3.8, 4) is 0 Å². The molecule has 0 fully saturated rings. The minimum atomic E-state index is -0.615. The molecule has 0 atom stereocenters. The summed E-state index contributed by atoms with van der Waals surface area (Å²) >= 11 is 0. The molecule has 7 heteroatoms. The molecule has 0 aromatic heterocycles. The van der Waals surface area contributed by atoms with Crippen molar-refractivity contribution in [2.24, 2.45) is 0 Å². The number of amides is 2. The van der Waals surface area contributed by atoms with Crippen molar-refractivity contribution in [3.63, 3.8) is 0 Å². The van der Waals surface area contributed by atoms with Gasteiger partial charge in [-0.05, 0) is 33.8 Å². The number of benzene rings is 1. The van der Waals surface area contributed by atoms with Gasteiger partial charge in [-0.3, -0.25) is 19.7 Å². The van der Waals surface area contributed by atoms with Crippen molar-refractivity contribution in [2.75, 3.05) is 26.2 Å². The zero-order chi connectivity index (χ0) is 17.6. The van der Waals surface area contributed by atoms with Crippen LogP contribution in [0.3, 0.4) is 0 Å². The van der Waals surface area contributed by atoms with Crippen molar-refractivity contribution in [1.82, 2.24) is 9.80 Å². The van der Waals surface area contributed by atoms with Crippen LogP contribution >= 0.6 is 0 Å². The number of hydrogen-bond acceptors (Lipinski definition) is 4. The molecule has 0 aliphatic carbocycles. The van der Waals surface area contributed by atoms with Crippen LogP contribution in [0, 0.1) is 10.1 Å². The van der Waals surface area contributed by atoms with Gasteiger partial charge < -0.3 is 9.80 Å². The standard InChI is InChI=1S/C16H23N3O4/c1-5-17(6-2)15(20)12-10-9-11-13(19(22)23)14(12)16(21)18(7-3)8-4/h9-11H,5-8H2,1-4H3. The van der Waals surface area contributed by atoms with E-state index in [-0.39, 0.29) is 22.7 Å². The number of carbonyl (C=O) groups excluding carboxylic acids is 2. The molecule has 0 aliphatic rings. The van der Waals surface area contributed by atoms with Crippen LogP contribution in [-0.4, -0.2) is 52.7 Å². The van der Waals surface area contributed by atoms with Crippen LogP contribution in [-0.2, 0) is 0 Å². The lowest BCUT2D eigenvalue weighted by Gasteiger charge is -2.23. The highest BCUT2D eigenvalue weighted by molar-refractivity contribution is 6.09. The molecule has 0 heterocycles. The largest absolute Gasteiger partial charge is 0.339 e. The van der Waals surface area contributed by atoms with Gasteiger partial charge in [0.2, 0.25) is 0 Å². The van der Waals surface area contributed by atoms with Crippen molar-refractivity contribution in [1.29, 1.82) is 0 Å². The van der Waals surface area contributed by atoms with E-state index >= 15 is 0 Å².